The summed E-state index contributed by atoms with van der Waals surface area (Å²) in [5.74, 6) is -0.601. The lowest BCUT2D eigenvalue weighted by Crippen LogP contribution is -2.45. The van der Waals surface area contributed by atoms with Crippen molar-refractivity contribution in [2.75, 3.05) is 11.9 Å². The van der Waals surface area contributed by atoms with Crippen LogP contribution in [0.2, 0.25) is 0 Å². The van der Waals surface area contributed by atoms with Crippen LogP contribution in [-0.2, 0) is 11.2 Å². The zero-order valence-corrected chi connectivity index (χ0v) is 20.2. The Balaban J connectivity index is 1.53. The number of anilines is 1. The molecule has 35 heavy (non-hydrogen) atoms. The minimum atomic E-state index is -1.13. The Hall–Kier alpha value is -3.89. The Labute approximate surface area is 201 Å². The molecule has 11 heteroatoms. The van der Waals surface area contributed by atoms with E-state index >= 15 is 0 Å². The monoisotopic (exact) mass is 485 g/mol. The maximum atomic E-state index is 14.5. The van der Waals surface area contributed by atoms with E-state index in [-0.39, 0.29) is 17.8 Å². The number of aromatic carboxylic acids is 1. The second kappa shape index (κ2) is 8.71. The van der Waals surface area contributed by atoms with E-state index in [4.69, 9.17) is 9.47 Å². The predicted octanol–water partition coefficient (Wildman–Crippen LogP) is 3.96. The zero-order chi connectivity index (χ0) is 25.5. The van der Waals surface area contributed by atoms with Gasteiger partial charge >= 0.3 is 12.1 Å². The van der Waals surface area contributed by atoms with Crippen molar-refractivity contribution in [1.29, 1.82) is 0 Å². The zero-order valence-electron chi connectivity index (χ0n) is 20.2. The highest BCUT2D eigenvalue weighted by molar-refractivity contribution is 5.94. The minimum absolute atomic E-state index is 0.0236. The van der Waals surface area contributed by atoms with Gasteiger partial charge in [-0.2, -0.15) is 5.10 Å². The molecule has 0 fully saturated rings. The normalized spacial score (nSPS) is 18.0. The van der Waals surface area contributed by atoms with E-state index < -0.39 is 35.1 Å². The van der Waals surface area contributed by atoms with Crippen LogP contribution in [0.15, 0.2) is 30.6 Å². The van der Waals surface area contributed by atoms with Crippen molar-refractivity contribution in [3.05, 3.63) is 53.1 Å². The number of carboxylic acid groups (broad SMARTS) is 1. The first-order chi connectivity index (χ1) is 16.3. The Kier molecular flexibility index (Phi) is 6.04. The summed E-state index contributed by atoms with van der Waals surface area (Å²) < 4.78 is 27.4. The number of nitrogens with zero attached hydrogens (tertiary/aromatic N) is 3. The van der Waals surface area contributed by atoms with Gasteiger partial charge < -0.3 is 25.2 Å². The predicted molar refractivity (Wildman–Crippen MR) is 125 cm³/mol. The van der Waals surface area contributed by atoms with Crippen molar-refractivity contribution in [3.8, 4) is 5.75 Å². The van der Waals surface area contributed by atoms with Gasteiger partial charge in [-0.05, 0) is 52.8 Å². The maximum Gasteiger partial charge on any atom is 0.407 e. The van der Waals surface area contributed by atoms with E-state index in [0.29, 0.717) is 29.1 Å². The van der Waals surface area contributed by atoms with Crippen molar-refractivity contribution in [1.82, 2.24) is 19.9 Å². The van der Waals surface area contributed by atoms with E-state index in [1.165, 1.54) is 22.8 Å². The van der Waals surface area contributed by atoms with Gasteiger partial charge in [0, 0.05) is 23.7 Å². The fraction of sp³-hybridized carbons (Fsp3) is 0.417. The molecule has 0 spiro atoms. The largest absolute Gasteiger partial charge is 0.485 e. The van der Waals surface area contributed by atoms with E-state index in [0.717, 1.165) is 0 Å². The number of carbonyl (C=O) groups excluding carboxylic acids is 1. The number of nitrogens with one attached hydrogen (secondary N) is 2. The third kappa shape index (κ3) is 5.28. The maximum absolute atomic E-state index is 14.5. The number of ether oxygens (including phenoxy) is 2. The average molecular weight is 486 g/mol. The summed E-state index contributed by atoms with van der Waals surface area (Å²) in [7, 11) is 0. The van der Waals surface area contributed by atoms with E-state index in [2.05, 4.69) is 20.7 Å². The van der Waals surface area contributed by atoms with Gasteiger partial charge in [-0.25, -0.2) is 23.5 Å². The fourth-order valence-corrected chi connectivity index (χ4v) is 4.01. The van der Waals surface area contributed by atoms with Gasteiger partial charge in [0.2, 0.25) is 0 Å². The van der Waals surface area contributed by atoms with Crippen LogP contribution >= 0.6 is 0 Å². The molecule has 3 N–H and O–H groups in total. The lowest BCUT2D eigenvalue weighted by Gasteiger charge is -2.27. The fourth-order valence-electron chi connectivity index (χ4n) is 4.01. The molecule has 0 radical (unpaired) electrons. The molecular weight excluding hydrogens is 457 g/mol. The SMILES string of the molecule is C[C@@H](Nc1ccn2ncc(C(=O)O)c2n1)c1cc(F)cc2c1O[C@@](C)(CNC(=O)OC(C)(C)C)C2. The Morgan fingerprint density at radius 2 is 2.11 bits per heavy atom. The van der Waals surface area contributed by atoms with Crippen molar-refractivity contribution < 1.29 is 28.6 Å². The molecule has 0 aliphatic carbocycles. The van der Waals surface area contributed by atoms with Crippen LogP contribution in [0.3, 0.4) is 0 Å². The summed E-state index contributed by atoms with van der Waals surface area (Å²) in [6.45, 7) is 9.18. The molecule has 1 amide bonds. The lowest BCUT2D eigenvalue weighted by molar-refractivity contribution is 0.0447. The summed E-state index contributed by atoms with van der Waals surface area (Å²) in [6.07, 6.45) is 2.67. The molecule has 0 saturated carbocycles. The molecular formula is C24H28FN5O5. The second-order valence-corrected chi connectivity index (χ2v) is 9.88. The summed E-state index contributed by atoms with van der Waals surface area (Å²) in [4.78, 5) is 27.9. The van der Waals surface area contributed by atoms with Crippen molar-refractivity contribution in [2.45, 2.75) is 58.3 Å². The molecule has 0 bridgehead atoms. The Bertz CT molecular complexity index is 1300. The molecule has 2 atom stereocenters. The van der Waals surface area contributed by atoms with E-state index in [1.807, 2.05) is 13.8 Å². The molecule has 1 aromatic carbocycles. The van der Waals surface area contributed by atoms with Crippen LogP contribution in [0.4, 0.5) is 15.0 Å². The minimum Gasteiger partial charge on any atom is -0.485 e. The number of fused-ring (bicyclic) bond motifs is 2. The first-order valence-electron chi connectivity index (χ1n) is 11.2. The number of benzene rings is 1. The van der Waals surface area contributed by atoms with Gasteiger partial charge in [0.15, 0.2) is 5.65 Å². The number of alkyl carbamates (subject to hydrolysis) is 1. The molecule has 1 aliphatic heterocycles. The number of rotatable bonds is 6. The second-order valence-electron chi connectivity index (χ2n) is 9.88. The van der Waals surface area contributed by atoms with Crippen molar-refractivity contribution in [3.63, 3.8) is 0 Å². The van der Waals surface area contributed by atoms with Gasteiger partial charge in [0.25, 0.3) is 0 Å². The molecule has 4 rings (SSSR count). The van der Waals surface area contributed by atoms with Crippen molar-refractivity contribution >= 4 is 23.5 Å². The van der Waals surface area contributed by atoms with Crippen LogP contribution in [0.25, 0.3) is 5.65 Å². The Morgan fingerprint density at radius 1 is 1.37 bits per heavy atom. The summed E-state index contributed by atoms with van der Waals surface area (Å²) in [6, 6.07) is 4.05. The number of aromatic nitrogens is 3. The van der Waals surface area contributed by atoms with Crippen LogP contribution < -0.4 is 15.4 Å². The number of hydrogen-bond acceptors (Lipinski definition) is 7. The van der Waals surface area contributed by atoms with Crippen molar-refractivity contribution in [2.24, 2.45) is 0 Å². The smallest absolute Gasteiger partial charge is 0.407 e. The van der Waals surface area contributed by atoms with Crippen LogP contribution in [0, 0.1) is 5.82 Å². The summed E-state index contributed by atoms with van der Waals surface area (Å²) in [5, 5.41) is 19.2. The quantitative estimate of drug-likeness (QED) is 0.479. The first kappa shape index (κ1) is 24.2. The molecule has 1 aliphatic rings. The molecule has 0 saturated heterocycles. The van der Waals surface area contributed by atoms with Gasteiger partial charge in [-0.3, -0.25) is 0 Å². The molecule has 186 valence electrons. The highest BCUT2D eigenvalue weighted by Crippen LogP contribution is 2.41. The van der Waals surface area contributed by atoms with E-state index in [9.17, 15) is 19.1 Å². The van der Waals surface area contributed by atoms with Gasteiger partial charge in [-0.15, -0.1) is 0 Å². The molecule has 3 aromatic rings. The number of hydrogen-bond donors (Lipinski definition) is 3. The summed E-state index contributed by atoms with van der Waals surface area (Å²) in [5.41, 5.74) is 0.0261. The molecule has 10 nitrogen and oxygen atoms in total. The van der Waals surface area contributed by atoms with Crippen LogP contribution in [0.1, 0.15) is 62.1 Å². The van der Waals surface area contributed by atoms with Gasteiger partial charge in [0.05, 0.1) is 18.8 Å². The topological polar surface area (TPSA) is 127 Å². The number of carboxylic acids is 1. The first-order valence-corrected chi connectivity index (χ1v) is 11.2. The van der Waals surface area contributed by atoms with Crippen LogP contribution in [0.5, 0.6) is 5.75 Å². The van der Waals surface area contributed by atoms with Crippen LogP contribution in [-0.4, -0.2) is 49.5 Å². The standard InChI is InChI=1S/C24H28FN5O5/c1-13(28-18-6-7-30-20(29-18)17(11-27-30)21(31)32)16-9-15(25)8-14-10-24(5,34-19(14)16)12-26-22(33)35-23(2,3)4/h6-9,11,13H,10,12H2,1-5H3,(H,26,33)(H,28,29)(H,31,32)/t13-,24-/m1/s1. The molecule has 3 heterocycles. The van der Waals surface area contributed by atoms with Gasteiger partial charge in [0.1, 0.15) is 34.2 Å². The Morgan fingerprint density at radius 3 is 2.80 bits per heavy atom. The summed E-state index contributed by atoms with van der Waals surface area (Å²) >= 11 is 0. The highest BCUT2D eigenvalue weighted by atomic mass is 19.1. The van der Waals surface area contributed by atoms with E-state index in [1.54, 1.807) is 33.0 Å². The third-order valence-corrected chi connectivity index (χ3v) is 5.51. The number of carbonyl (C=O) groups is 2. The van der Waals surface area contributed by atoms with Gasteiger partial charge in [-0.1, -0.05) is 0 Å². The molecule has 2 aromatic heterocycles. The molecule has 0 unspecified atom stereocenters. The number of amides is 1. The third-order valence-electron chi connectivity index (χ3n) is 5.51. The number of halogens is 1. The lowest BCUT2D eigenvalue weighted by atomic mass is 9.97. The highest BCUT2D eigenvalue weighted by Gasteiger charge is 2.38. The average Bonchev–Trinajstić information content (AvgIpc) is 3.31.